The van der Waals surface area contributed by atoms with E-state index in [0.717, 1.165) is 44.7 Å². The highest BCUT2D eigenvalue weighted by Crippen LogP contribution is 2.28. The largest absolute Gasteiger partial charge is 0.473 e. The fraction of sp³-hybridized carbons (Fsp3) is 0.750. The number of piperidine rings is 1. The Hall–Kier alpha value is -1.03. The molecule has 3 rings (SSSR count). The summed E-state index contributed by atoms with van der Waals surface area (Å²) in [5.41, 5.74) is 2.64. The molecule has 1 aromatic rings. The maximum Gasteiger partial charge on any atom is 0.236 e. The van der Waals surface area contributed by atoms with Crippen LogP contribution in [0.4, 0.5) is 0 Å². The average molecular weight is 221 g/mol. The maximum atomic E-state index is 6.01. The summed E-state index contributed by atoms with van der Waals surface area (Å²) in [6.07, 6.45) is 7.38. The summed E-state index contributed by atoms with van der Waals surface area (Å²) in [4.78, 5) is 0. The summed E-state index contributed by atoms with van der Waals surface area (Å²) in [5.74, 6) is 0.876. The lowest BCUT2D eigenvalue weighted by molar-refractivity contribution is 0.154. The number of rotatable bonds is 2. The summed E-state index contributed by atoms with van der Waals surface area (Å²) >= 11 is 0. The Morgan fingerprint density at radius 3 is 2.81 bits per heavy atom. The molecule has 4 nitrogen and oxygen atoms in total. The van der Waals surface area contributed by atoms with Crippen molar-refractivity contribution in [3.63, 3.8) is 0 Å². The molecule has 1 fully saturated rings. The second-order valence-corrected chi connectivity index (χ2v) is 4.76. The quantitative estimate of drug-likeness (QED) is 0.794. The Labute approximate surface area is 95.8 Å². The van der Waals surface area contributed by atoms with Crippen molar-refractivity contribution in [3.8, 4) is 5.88 Å². The van der Waals surface area contributed by atoms with Gasteiger partial charge in [0, 0.05) is 11.3 Å². The lowest BCUT2D eigenvalue weighted by atomic mass is 9.98. The molecule has 1 aromatic heterocycles. The highest BCUT2D eigenvalue weighted by atomic mass is 16.5. The van der Waals surface area contributed by atoms with Crippen molar-refractivity contribution in [1.29, 1.82) is 0 Å². The van der Waals surface area contributed by atoms with Crippen LogP contribution in [0, 0.1) is 0 Å². The molecule has 4 heteroatoms. The van der Waals surface area contributed by atoms with Crippen LogP contribution in [0.2, 0.25) is 0 Å². The van der Waals surface area contributed by atoms with E-state index in [4.69, 9.17) is 4.74 Å². The SMILES string of the molecule is C1CCc2c(OC3CCNCC3)n[nH]c2C1. The molecule has 88 valence electrons. The second-order valence-electron chi connectivity index (χ2n) is 4.76. The van der Waals surface area contributed by atoms with Crippen molar-refractivity contribution in [3.05, 3.63) is 11.3 Å². The van der Waals surface area contributed by atoms with Gasteiger partial charge in [0.25, 0.3) is 0 Å². The molecular weight excluding hydrogens is 202 g/mol. The van der Waals surface area contributed by atoms with Crippen LogP contribution in [0.3, 0.4) is 0 Å². The number of H-pyrrole nitrogens is 1. The number of fused-ring (bicyclic) bond motifs is 1. The predicted octanol–water partition coefficient (Wildman–Crippen LogP) is 1.42. The Morgan fingerprint density at radius 2 is 1.94 bits per heavy atom. The van der Waals surface area contributed by atoms with Gasteiger partial charge >= 0.3 is 0 Å². The van der Waals surface area contributed by atoms with Crippen LogP contribution in [0.15, 0.2) is 0 Å². The molecule has 0 spiro atoms. The van der Waals surface area contributed by atoms with Crippen molar-refractivity contribution in [2.75, 3.05) is 13.1 Å². The van der Waals surface area contributed by atoms with Crippen molar-refractivity contribution in [2.24, 2.45) is 0 Å². The van der Waals surface area contributed by atoms with E-state index in [2.05, 4.69) is 15.5 Å². The Morgan fingerprint density at radius 1 is 1.12 bits per heavy atom. The van der Waals surface area contributed by atoms with E-state index in [-0.39, 0.29) is 0 Å². The zero-order chi connectivity index (χ0) is 10.8. The summed E-state index contributed by atoms with van der Waals surface area (Å²) in [5, 5.41) is 10.8. The van der Waals surface area contributed by atoms with Crippen LogP contribution in [0.5, 0.6) is 5.88 Å². The van der Waals surface area contributed by atoms with Gasteiger partial charge in [-0.3, -0.25) is 5.10 Å². The standard InChI is InChI=1S/C12H19N3O/c1-2-4-11-10(3-1)12(15-14-11)16-9-5-7-13-8-6-9/h9,13H,1-8H2,(H,14,15). The first kappa shape index (κ1) is 10.1. The van der Waals surface area contributed by atoms with Crippen LogP contribution in [0.1, 0.15) is 36.9 Å². The molecule has 0 atom stereocenters. The van der Waals surface area contributed by atoms with Crippen LogP contribution < -0.4 is 10.1 Å². The van der Waals surface area contributed by atoms with E-state index in [1.54, 1.807) is 0 Å². The van der Waals surface area contributed by atoms with E-state index in [9.17, 15) is 0 Å². The molecule has 2 heterocycles. The van der Waals surface area contributed by atoms with Crippen molar-refractivity contribution < 1.29 is 4.74 Å². The second kappa shape index (κ2) is 4.45. The summed E-state index contributed by atoms with van der Waals surface area (Å²) in [6.45, 7) is 2.13. The van der Waals surface area contributed by atoms with E-state index in [1.165, 1.54) is 24.1 Å². The molecule has 1 aliphatic heterocycles. The first-order valence-corrected chi connectivity index (χ1v) is 6.37. The topological polar surface area (TPSA) is 49.9 Å². The molecule has 0 amide bonds. The normalized spacial score (nSPS) is 21.8. The molecule has 0 bridgehead atoms. The monoisotopic (exact) mass is 221 g/mol. The van der Waals surface area contributed by atoms with Gasteiger partial charge in [0.2, 0.25) is 5.88 Å². The third kappa shape index (κ3) is 1.94. The molecule has 1 saturated heterocycles. The molecule has 2 N–H and O–H groups in total. The molecule has 1 aliphatic carbocycles. The van der Waals surface area contributed by atoms with Gasteiger partial charge in [-0.2, -0.15) is 0 Å². The van der Waals surface area contributed by atoms with Gasteiger partial charge in [-0.15, -0.1) is 5.10 Å². The van der Waals surface area contributed by atoms with Gasteiger partial charge in [-0.05, 0) is 51.6 Å². The molecule has 16 heavy (non-hydrogen) atoms. The lowest BCUT2D eigenvalue weighted by Gasteiger charge is -2.23. The third-order valence-corrected chi connectivity index (χ3v) is 3.58. The van der Waals surface area contributed by atoms with E-state index >= 15 is 0 Å². The zero-order valence-corrected chi connectivity index (χ0v) is 9.59. The highest BCUT2D eigenvalue weighted by molar-refractivity contribution is 5.32. The number of hydrogen-bond acceptors (Lipinski definition) is 3. The maximum absolute atomic E-state index is 6.01. The van der Waals surface area contributed by atoms with Crippen LogP contribution in [0.25, 0.3) is 0 Å². The van der Waals surface area contributed by atoms with Crippen LogP contribution in [-0.4, -0.2) is 29.4 Å². The van der Waals surface area contributed by atoms with Gasteiger partial charge < -0.3 is 10.1 Å². The number of nitrogens with one attached hydrogen (secondary N) is 2. The highest BCUT2D eigenvalue weighted by Gasteiger charge is 2.21. The number of aromatic amines is 1. The number of nitrogens with zero attached hydrogens (tertiary/aromatic N) is 1. The summed E-state index contributed by atoms with van der Waals surface area (Å²) < 4.78 is 6.01. The minimum absolute atomic E-state index is 0.357. The van der Waals surface area contributed by atoms with Crippen molar-refractivity contribution in [2.45, 2.75) is 44.6 Å². The lowest BCUT2D eigenvalue weighted by Crippen LogP contribution is -2.34. The van der Waals surface area contributed by atoms with Gasteiger partial charge in [0.15, 0.2) is 0 Å². The molecule has 0 saturated carbocycles. The number of aromatic nitrogens is 2. The fourth-order valence-electron chi connectivity index (χ4n) is 2.62. The van der Waals surface area contributed by atoms with Gasteiger partial charge in [0.1, 0.15) is 6.10 Å². The Bertz CT molecular complexity index is 355. The average Bonchev–Trinajstić information content (AvgIpc) is 2.74. The molecular formula is C12H19N3O. The minimum atomic E-state index is 0.357. The number of ether oxygens (including phenoxy) is 1. The minimum Gasteiger partial charge on any atom is -0.473 e. The van der Waals surface area contributed by atoms with Gasteiger partial charge in [-0.1, -0.05) is 0 Å². The van der Waals surface area contributed by atoms with Gasteiger partial charge in [-0.25, -0.2) is 0 Å². The van der Waals surface area contributed by atoms with Crippen LogP contribution in [-0.2, 0) is 12.8 Å². The van der Waals surface area contributed by atoms with E-state index < -0.39 is 0 Å². The molecule has 0 aromatic carbocycles. The smallest absolute Gasteiger partial charge is 0.236 e. The van der Waals surface area contributed by atoms with Gasteiger partial charge in [0.05, 0.1) is 0 Å². The zero-order valence-electron chi connectivity index (χ0n) is 9.59. The summed E-state index contributed by atoms with van der Waals surface area (Å²) in [7, 11) is 0. The Balaban J connectivity index is 1.71. The van der Waals surface area contributed by atoms with E-state index in [0.29, 0.717) is 6.10 Å². The summed E-state index contributed by atoms with van der Waals surface area (Å²) in [6, 6.07) is 0. The molecule has 0 unspecified atom stereocenters. The number of aryl methyl sites for hydroxylation is 1. The first-order valence-electron chi connectivity index (χ1n) is 6.37. The molecule has 2 aliphatic rings. The van der Waals surface area contributed by atoms with Crippen molar-refractivity contribution >= 4 is 0 Å². The first-order chi connectivity index (χ1) is 7.93. The Kier molecular flexibility index (Phi) is 2.82. The number of hydrogen-bond donors (Lipinski definition) is 2. The third-order valence-electron chi connectivity index (χ3n) is 3.58. The molecule has 0 radical (unpaired) electrons. The van der Waals surface area contributed by atoms with E-state index in [1.807, 2.05) is 0 Å². The van der Waals surface area contributed by atoms with Crippen LogP contribution >= 0.6 is 0 Å². The predicted molar refractivity (Wildman–Crippen MR) is 61.7 cm³/mol. The van der Waals surface area contributed by atoms with Crippen molar-refractivity contribution in [1.82, 2.24) is 15.5 Å². The fourth-order valence-corrected chi connectivity index (χ4v) is 2.62.